The highest BCUT2D eigenvalue weighted by Crippen LogP contribution is 2.36. The summed E-state index contributed by atoms with van der Waals surface area (Å²) in [6, 6.07) is 0. The van der Waals surface area contributed by atoms with Gasteiger partial charge in [-0.25, -0.2) is 9.59 Å². The fraction of sp³-hybridized carbons (Fsp3) is 0.556. The summed E-state index contributed by atoms with van der Waals surface area (Å²) in [6.07, 6.45) is 1.84. The average molecular weight is 184 g/mol. The summed E-state index contributed by atoms with van der Waals surface area (Å²) in [4.78, 5) is 21.8. The summed E-state index contributed by atoms with van der Waals surface area (Å²) in [5.74, 6) is -0.957. The molecule has 4 heteroatoms. The summed E-state index contributed by atoms with van der Waals surface area (Å²) in [6.45, 7) is 3.65. The lowest BCUT2D eigenvalue weighted by Crippen LogP contribution is -2.48. The SMILES string of the molecule is CCC1(C)OC(=O)/C1=C\C(=O)OC. The first-order chi connectivity index (χ1) is 6.03. The van der Waals surface area contributed by atoms with E-state index in [9.17, 15) is 9.59 Å². The molecule has 1 aliphatic heterocycles. The Bertz CT molecular complexity index is 279. The Morgan fingerprint density at radius 3 is 2.69 bits per heavy atom. The van der Waals surface area contributed by atoms with Crippen LogP contribution in [0.15, 0.2) is 11.6 Å². The number of esters is 2. The minimum absolute atomic E-state index is 0.391. The predicted octanol–water partition coefficient (Wildman–Crippen LogP) is 0.811. The van der Waals surface area contributed by atoms with E-state index in [0.29, 0.717) is 12.0 Å². The Morgan fingerprint density at radius 2 is 2.31 bits per heavy atom. The van der Waals surface area contributed by atoms with Crippen molar-refractivity contribution in [3.63, 3.8) is 0 Å². The zero-order chi connectivity index (χ0) is 10.1. The highest BCUT2D eigenvalue weighted by Gasteiger charge is 2.46. The van der Waals surface area contributed by atoms with E-state index in [1.54, 1.807) is 6.92 Å². The van der Waals surface area contributed by atoms with Gasteiger partial charge in [0.25, 0.3) is 0 Å². The largest absolute Gasteiger partial charge is 0.466 e. The number of methoxy groups -OCH3 is 1. The lowest BCUT2D eigenvalue weighted by molar-refractivity contribution is -0.170. The first-order valence-corrected chi connectivity index (χ1v) is 4.07. The Balaban J connectivity index is 2.84. The van der Waals surface area contributed by atoms with Crippen molar-refractivity contribution >= 4 is 11.9 Å². The van der Waals surface area contributed by atoms with Gasteiger partial charge in [-0.3, -0.25) is 0 Å². The maximum absolute atomic E-state index is 11.0. The summed E-state index contributed by atoms with van der Waals surface area (Å²) in [7, 11) is 1.27. The fourth-order valence-corrected chi connectivity index (χ4v) is 1.14. The third kappa shape index (κ3) is 1.56. The second kappa shape index (κ2) is 3.20. The van der Waals surface area contributed by atoms with E-state index in [-0.39, 0.29) is 0 Å². The van der Waals surface area contributed by atoms with Gasteiger partial charge in [-0.05, 0) is 13.3 Å². The van der Waals surface area contributed by atoms with Crippen LogP contribution in [0.3, 0.4) is 0 Å². The molecule has 0 saturated carbocycles. The van der Waals surface area contributed by atoms with Gasteiger partial charge in [0.1, 0.15) is 5.60 Å². The van der Waals surface area contributed by atoms with Gasteiger partial charge in [-0.15, -0.1) is 0 Å². The Morgan fingerprint density at radius 1 is 1.69 bits per heavy atom. The highest BCUT2D eigenvalue weighted by atomic mass is 16.6. The number of carbonyl (C=O) groups excluding carboxylic acids is 2. The van der Waals surface area contributed by atoms with E-state index in [4.69, 9.17) is 4.74 Å². The number of rotatable bonds is 2. The molecule has 0 amide bonds. The predicted molar refractivity (Wildman–Crippen MR) is 44.9 cm³/mol. The van der Waals surface area contributed by atoms with Crippen molar-refractivity contribution in [1.29, 1.82) is 0 Å². The molecule has 0 radical (unpaired) electrons. The Kier molecular flexibility index (Phi) is 2.40. The summed E-state index contributed by atoms with van der Waals surface area (Å²) < 4.78 is 9.34. The molecule has 0 aromatic heterocycles. The van der Waals surface area contributed by atoms with Gasteiger partial charge >= 0.3 is 11.9 Å². The van der Waals surface area contributed by atoms with Crippen LogP contribution in [-0.2, 0) is 19.1 Å². The third-order valence-electron chi connectivity index (χ3n) is 2.25. The second-order valence-electron chi connectivity index (χ2n) is 3.06. The maximum Gasteiger partial charge on any atom is 0.339 e. The molecule has 0 aliphatic carbocycles. The lowest BCUT2D eigenvalue weighted by Gasteiger charge is -2.38. The molecule has 0 aromatic carbocycles. The van der Waals surface area contributed by atoms with Crippen molar-refractivity contribution in [1.82, 2.24) is 0 Å². The Hall–Kier alpha value is -1.32. The summed E-state index contributed by atoms with van der Waals surface area (Å²) in [5.41, 5.74) is -0.215. The van der Waals surface area contributed by atoms with Gasteiger partial charge in [0, 0.05) is 6.08 Å². The monoisotopic (exact) mass is 184 g/mol. The van der Waals surface area contributed by atoms with Gasteiger partial charge in [0.2, 0.25) is 0 Å². The summed E-state index contributed by atoms with van der Waals surface area (Å²) >= 11 is 0. The number of carbonyl (C=O) groups is 2. The molecule has 13 heavy (non-hydrogen) atoms. The molecule has 0 aromatic rings. The molecule has 1 fully saturated rings. The number of ether oxygens (including phenoxy) is 2. The van der Waals surface area contributed by atoms with E-state index in [1.807, 2.05) is 6.92 Å². The van der Waals surface area contributed by atoms with E-state index >= 15 is 0 Å². The molecule has 1 aliphatic rings. The fourth-order valence-electron chi connectivity index (χ4n) is 1.14. The van der Waals surface area contributed by atoms with Crippen LogP contribution in [-0.4, -0.2) is 24.6 Å². The van der Waals surface area contributed by atoms with Crippen LogP contribution < -0.4 is 0 Å². The number of hydrogen-bond donors (Lipinski definition) is 0. The first-order valence-electron chi connectivity index (χ1n) is 4.07. The molecule has 1 heterocycles. The van der Waals surface area contributed by atoms with Crippen LogP contribution in [0.4, 0.5) is 0 Å². The zero-order valence-electron chi connectivity index (χ0n) is 7.92. The molecule has 0 N–H and O–H groups in total. The molecule has 4 nitrogen and oxygen atoms in total. The van der Waals surface area contributed by atoms with Gasteiger partial charge < -0.3 is 9.47 Å². The first kappa shape index (κ1) is 9.77. The molecule has 1 rings (SSSR count). The summed E-state index contributed by atoms with van der Waals surface area (Å²) in [5, 5.41) is 0. The topological polar surface area (TPSA) is 52.6 Å². The molecule has 1 saturated heterocycles. The van der Waals surface area contributed by atoms with Crippen LogP contribution in [0.25, 0.3) is 0 Å². The van der Waals surface area contributed by atoms with Crippen LogP contribution in [0.2, 0.25) is 0 Å². The van der Waals surface area contributed by atoms with Crippen LogP contribution in [0, 0.1) is 0 Å². The Labute approximate surface area is 76.5 Å². The van der Waals surface area contributed by atoms with Crippen LogP contribution in [0.5, 0.6) is 0 Å². The molecule has 72 valence electrons. The smallest absolute Gasteiger partial charge is 0.339 e. The minimum Gasteiger partial charge on any atom is -0.466 e. The van der Waals surface area contributed by atoms with E-state index in [0.717, 1.165) is 0 Å². The lowest BCUT2D eigenvalue weighted by atomic mass is 9.87. The minimum atomic E-state index is -0.606. The molecule has 0 spiro atoms. The zero-order valence-corrected chi connectivity index (χ0v) is 7.92. The second-order valence-corrected chi connectivity index (χ2v) is 3.06. The third-order valence-corrected chi connectivity index (χ3v) is 2.25. The van der Waals surface area contributed by atoms with E-state index < -0.39 is 17.5 Å². The molecule has 1 unspecified atom stereocenters. The van der Waals surface area contributed by atoms with Gasteiger partial charge in [0.15, 0.2) is 0 Å². The van der Waals surface area contributed by atoms with Crippen molar-refractivity contribution in [3.05, 3.63) is 11.6 Å². The van der Waals surface area contributed by atoms with E-state index in [1.165, 1.54) is 13.2 Å². The molecular formula is C9H12O4. The van der Waals surface area contributed by atoms with Crippen molar-refractivity contribution in [2.45, 2.75) is 25.9 Å². The molecule has 0 bridgehead atoms. The van der Waals surface area contributed by atoms with Crippen molar-refractivity contribution in [2.24, 2.45) is 0 Å². The number of hydrogen-bond acceptors (Lipinski definition) is 4. The van der Waals surface area contributed by atoms with Crippen molar-refractivity contribution in [2.75, 3.05) is 7.11 Å². The van der Waals surface area contributed by atoms with Gasteiger partial charge in [0.05, 0.1) is 12.7 Å². The van der Waals surface area contributed by atoms with Gasteiger partial charge in [-0.2, -0.15) is 0 Å². The van der Waals surface area contributed by atoms with Gasteiger partial charge in [-0.1, -0.05) is 6.92 Å². The highest BCUT2D eigenvalue weighted by molar-refractivity contribution is 6.02. The average Bonchev–Trinajstić information content (AvgIpc) is 2.13. The maximum atomic E-state index is 11.0. The normalized spacial score (nSPS) is 29.5. The van der Waals surface area contributed by atoms with Crippen molar-refractivity contribution < 1.29 is 19.1 Å². The molecule has 1 atom stereocenters. The number of cyclic esters (lactones) is 1. The van der Waals surface area contributed by atoms with Crippen LogP contribution >= 0.6 is 0 Å². The quantitative estimate of drug-likeness (QED) is 0.470. The van der Waals surface area contributed by atoms with Crippen molar-refractivity contribution in [3.8, 4) is 0 Å². The standard InChI is InChI=1S/C9H12O4/c1-4-9(2)6(8(11)13-9)5-7(10)12-3/h5H,4H2,1-3H3/b6-5+. The molecular weight excluding hydrogens is 172 g/mol. The van der Waals surface area contributed by atoms with Crippen LogP contribution in [0.1, 0.15) is 20.3 Å². The van der Waals surface area contributed by atoms with E-state index in [2.05, 4.69) is 4.74 Å².